The number of aromatic nitrogens is 2. The maximum atomic E-state index is 11.6. The highest BCUT2D eigenvalue weighted by atomic mass is 16.1. The first-order valence-corrected chi connectivity index (χ1v) is 6.64. The quantitative estimate of drug-likeness (QED) is 0.824. The molecule has 0 saturated heterocycles. The Morgan fingerprint density at radius 2 is 2.24 bits per heavy atom. The zero-order valence-corrected chi connectivity index (χ0v) is 10.2. The molecule has 4 heteroatoms. The maximum Gasteiger partial charge on any atom is 0.226 e. The number of aromatic amines is 1. The second-order valence-electron chi connectivity index (χ2n) is 4.88. The van der Waals surface area contributed by atoms with Crippen LogP contribution < -0.4 is 5.32 Å². The van der Waals surface area contributed by atoms with E-state index in [1.165, 1.54) is 38.5 Å². The largest absolute Gasteiger partial charge is 0.331 e. The molecular weight excluding hydrogens is 214 g/mol. The van der Waals surface area contributed by atoms with Gasteiger partial charge >= 0.3 is 0 Å². The Kier molecular flexibility index (Phi) is 4.59. The van der Waals surface area contributed by atoms with E-state index in [1.54, 1.807) is 12.4 Å². The summed E-state index contributed by atoms with van der Waals surface area (Å²) in [5.41, 5.74) is 0. The molecule has 0 aromatic carbocycles. The average Bonchev–Trinajstić information content (AvgIpc) is 2.83. The number of carbonyl (C=O) groups excluding carboxylic acids is 1. The van der Waals surface area contributed by atoms with Crippen molar-refractivity contribution in [1.82, 2.24) is 9.97 Å². The lowest BCUT2D eigenvalue weighted by atomic mass is 9.86. The predicted octanol–water partition coefficient (Wildman–Crippen LogP) is 3.10. The van der Waals surface area contributed by atoms with Crippen molar-refractivity contribution in [2.75, 3.05) is 5.32 Å². The summed E-state index contributed by atoms with van der Waals surface area (Å²) in [6.45, 7) is 0. The van der Waals surface area contributed by atoms with Gasteiger partial charge in [-0.25, -0.2) is 4.98 Å². The van der Waals surface area contributed by atoms with E-state index in [0.717, 1.165) is 12.3 Å². The highest BCUT2D eigenvalue weighted by molar-refractivity contribution is 5.88. The van der Waals surface area contributed by atoms with Crippen molar-refractivity contribution in [2.45, 2.75) is 51.4 Å². The molecule has 4 nitrogen and oxygen atoms in total. The minimum atomic E-state index is 0.0655. The van der Waals surface area contributed by atoms with E-state index in [0.29, 0.717) is 12.4 Å². The summed E-state index contributed by atoms with van der Waals surface area (Å²) in [5.74, 6) is 1.48. The molecule has 2 rings (SSSR count). The van der Waals surface area contributed by atoms with E-state index in [1.807, 2.05) is 0 Å². The summed E-state index contributed by atoms with van der Waals surface area (Å²) in [6, 6.07) is 0. The predicted molar refractivity (Wildman–Crippen MR) is 67.6 cm³/mol. The number of H-pyrrole nitrogens is 1. The fourth-order valence-electron chi connectivity index (χ4n) is 2.56. The zero-order chi connectivity index (χ0) is 11.9. The third kappa shape index (κ3) is 4.21. The van der Waals surface area contributed by atoms with Gasteiger partial charge < -0.3 is 4.98 Å². The molecule has 0 spiro atoms. The fourth-order valence-corrected chi connectivity index (χ4v) is 2.56. The summed E-state index contributed by atoms with van der Waals surface area (Å²) in [4.78, 5) is 18.4. The van der Waals surface area contributed by atoms with Gasteiger partial charge in [0.2, 0.25) is 11.9 Å². The van der Waals surface area contributed by atoms with Crippen LogP contribution in [-0.2, 0) is 4.79 Å². The van der Waals surface area contributed by atoms with Gasteiger partial charge in [-0.05, 0) is 18.8 Å². The van der Waals surface area contributed by atoms with Gasteiger partial charge in [-0.15, -0.1) is 0 Å². The number of nitrogens with zero attached hydrogens (tertiary/aromatic N) is 1. The SMILES string of the molecule is O=C(CCCC1CCCCC1)Nc1ncc[nH]1. The molecule has 94 valence electrons. The Balaban J connectivity index is 1.59. The minimum absolute atomic E-state index is 0.0655. The normalized spacial score (nSPS) is 16.9. The molecular formula is C13H21N3O. The van der Waals surface area contributed by atoms with Crippen LogP contribution in [0.3, 0.4) is 0 Å². The number of hydrogen-bond donors (Lipinski definition) is 2. The van der Waals surface area contributed by atoms with E-state index in [4.69, 9.17) is 0 Å². The summed E-state index contributed by atoms with van der Waals surface area (Å²) in [7, 11) is 0. The Bertz CT molecular complexity index is 328. The van der Waals surface area contributed by atoms with Crippen LogP contribution in [0.25, 0.3) is 0 Å². The lowest BCUT2D eigenvalue weighted by Gasteiger charge is -2.20. The van der Waals surface area contributed by atoms with Crippen LogP contribution in [0.5, 0.6) is 0 Å². The van der Waals surface area contributed by atoms with Crippen LogP contribution in [0, 0.1) is 5.92 Å². The first-order chi connectivity index (χ1) is 8.34. The highest BCUT2D eigenvalue weighted by Crippen LogP contribution is 2.27. The number of anilines is 1. The smallest absolute Gasteiger partial charge is 0.226 e. The number of hydrogen-bond acceptors (Lipinski definition) is 2. The van der Waals surface area contributed by atoms with Gasteiger partial charge in [0, 0.05) is 18.8 Å². The molecule has 1 amide bonds. The molecule has 1 aromatic rings. The van der Waals surface area contributed by atoms with Crippen LogP contribution in [-0.4, -0.2) is 15.9 Å². The van der Waals surface area contributed by atoms with E-state index in [9.17, 15) is 4.79 Å². The topological polar surface area (TPSA) is 57.8 Å². The molecule has 1 aromatic heterocycles. The van der Waals surface area contributed by atoms with Gasteiger partial charge in [0.15, 0.2) is 0 Å². The fraction of sp³-hybridized carbons (Fsp3) is 0.692. The average molecular weight is 235 g/mol. The number of nitrogens with one attached hydrogen (secondary N) is 2. The van der Waals surface area contributed by atoms with Crippen molar-refractivity contribution in [3.63, 3.8) is 0 Å². The molecule has 0 radical (unpaired) electrons. The molecule has 1 fully saturated rings. The van der Waals surface area contributed by atoms with Gasteiger partial charge in [-0.2, -0.15) is 0 Å². The lowest BCUT2D eigenvalue weighted by molar-refractivity contribution is -0.116. The minimum Gasteiger partial charge on any atom is -0.331 e. The second-order valence-corrected chi connectivity index (χ2v) is 4.88. The molecule has 0 bridgehead atoms. The molecule has 1 heterocycles. The summed E-state index contributed by atoms with van der Waals surface area (Å²) < 4.78 is 0. The van der Waals surface area contributed by atoms with E-state index < -0.39 is 0 Å². The van der Waals surface area contributed by atoms with Crippen molar-refractivity contribution in [2.24, 2.45) is 5.92 Å². The Labute approximate surface area is 102 Å². The van der Waals surface area contributed by atoms with E-state index in [-0.39, 0.29) is 5.91 Å². The molecule has 1 aliphatic rings. The third-order valence-electron chi connectivity index (χ3n) is 3.50. The van der Waals surface area contributed by atoms with Crippen molar-refractivity contribution < 1.29 is 4.79 Å². The van der Waals surface area contributed by atoms with E-state index in [2.05, 4.69) is 15.3 Å². The van der Waals surface area contributed by atoms with Crippen LogP contribution in [0.15, 0.2) is 12.4 Å². The molecule has 1 aliphatic carbocycles. The summed E-state index contributed by atoms with van der Waals surface area (Å²) in [6.07, 6.45) is 13.0. The van der Waals surface area contributed by atoms with Crippen molar-refractivity contribution in [1.29, 1.82) is 0 Å². The molecule has 1 saturated carbocycles. The van der Waals surface area contributed by atoms with Crippen molar-refractivity contribution >= 4 is 11.9 Å². The first kappa shape index (κ1) is 12.1. The lowest BCUT2D eigenvalue weighted by Crippen LogP contribution is -2.13. The van der Waals surface area contributed by atoms with Crippen LogP contribution in [0.2, 0.25) is 0 Å². The van der Waals surface area contributed by atoms with Gasteiger partial charge in [0.25, 0.3) is 0 Å². The second kappa shape index (κ2) is 6.42. The van der Waals surface area contributed by atoms with Crippen LogP contribution in [0.1, 0.15) is 51.4 Å². The number of carbonyl (C=O) groups is 1. The van der Waals surface area contributed by atoms with Gasteiger partial charge in [0.1, 0.15) is 0 Å². The standard InChI is InChI=1S/C13H21N3O/c17-12(16-13-14-9-10-15-13)8-4-7-11-5-2-1-3-6-11/h9-11H,1-8H2,(H2,14,15,16,17). The highest BCUT2D eigenvalue weighted by Gasteiger charge is 2.13. The Morgan fingerprint density at radius 3 is 2.94 bits per heavy atom. The number of rotatable bonds is 5. The van der Waals surface area contributed by atoms with Gasteiger partial charge in [-0.3, -0.25) is 10.1 Å². The molecule has 0 aliphatic heterocycles. The number of amides is 1. The van der Waals surface area contributed by atoms with Crippen molar-refractivity contribution in [3.8, 4) is 0 Å². The molecule has 0 atom stereocenters. The Morgan fingerprint density at radius 1 is 1.41 bits per heavy atom. The first-order valence-electron chi connectivity index (χ1n) is 6.64. The summed E-state index contributed by atoms with van der Waals surface area (Å²) in [5, 5.41) is 2.75. The summed E-state index contributed by atoms with van der Waals surface area (Å²) >= 11 is 0. The Hall–Kier alpha value is -1.32. The number of imidazole rings is 1. The maximum absolute atomic E-state index is 11.6. The molecule has 0 unspecified atom stereocenters. The van der Waals surface area contributed by atoms with Gasteiger partial charge in [-0.1, -0.05) is 32.1 Å². The monoisotopic (exact) mass is 235 g/mol. The molecule has 17 heavy (non-hydrogen) atoms. The third-order valence-corrected chi connectivity index (χ3v) is 3.50. The van der Waals surface area contributed by atoms with Crippen LogP contribution in [0.4, 0.5) is 5.95 Å². The van der Waals surface area contributed by atoms with Gasteiger partial charge in [0.05, 0.1) is 0 Å². The van der Waals surface area contributed by atoms with Crippen molar-refractivity contribution in [3.05, 3.63) is 12.4 Å². The molecule has 2 N–H and O–H groups in total. The zero-order valence-electron chi connectivity index (χ0n) is 10.2. The van der Waals surface area contributed by atoms with Crippen LogP contribution >= 0.6 is 0 Å². The van der Waals surface area contributed by atoms with E-state index >= 15 is 0 Å².